The van der Waals surface area contributed by atoms with E-state index in [0.29, 0.717) is 18.8 Å². The Balaban J connectivity index is 1.84. The van der Waals surface area contributed by atoms with Crippen LogP contribution in [0.1, 0.15) is 45.4 Å². The van der Waals surface area contributed by atoms with Gasteiger partial charge in [-0.05, 0) is 38.0 Å². The van der Waals surface area contributed by atoms with Crippen LogP contribution in [0.25, 0.3) is 0 Å². The summed E-state index contributed by atoms with van der Waals surface area (Å²) in [6, 6.07) is -0.533. The largest absolute Gasteiger partial charge is 0.344 e. The monoisotopic (exact) mass is 252 g/mol. The van der Waals surface area contributed by atoms with Crippen LogP contribution in [0.5, 0.6) is 0 Å². The number of carbonyl (C=O) groups is 3. The molecule has 2 rings (SSSR count). The van der Waals surface area contributed by atoms with E-state index in [4.69, 9.17) is 0 Å². The van der Waals surface area contributed by atoms with Gasteiger partial charge in [-0.2, -0.15) is 0 Å². The Morgan fingerprint density at radius 2 is 1.83 bits per heavy atom. The third kappa shape index (κ3) is 3.09. The summed E-state index contributed by atoms with van der Waals surface area (Å²) >= 11 is 0. The number of hydrogen-bond donors (Lipinski definition) is 2. The standard InChI is InChI=1S/C13H20N2O3/c1-8-2-4-9(5-3-8)12(17)14-10-6-7-11(16)15-13(10)18/h8-10H,2-7H2,1H3,(H,14,17)(H,15,16,18). The molecule has 1 saturated carbocycles. The fourth-order valence-electron chi connectivity index (χ4n) is 2.64. The lowest BCUT2D eigenvalue weighted by Gasteiger charge is -2.28. The van der Waals surface area contributed by atoms with Gasteiger partial charge < -0.3 is 5.32 Å². The molecule has 3 amide bonds. The Hall–Kier alpha value is -1.39. The Morgan fingerprint density at radius 1 is 1.17 bits per heavy atom. The van der Waals surface area contributed by atoms with Gasteiger partial charge in [0.25, 0.3) is 0 Å². The first-order valence-corrected chi connectivity index (χ1v) is 6.70. The third-order valence-corrected chi connectivity index (χ3v) is 3.94. The average Bonchev–Trinajstić information content (AvgIpc) is 2.33. The van der Waals surface area contributed by atoms with Crippen molar-refractivity contribution in [1.82, 2.24) is 10.6 Å². The van der Waals surface area contributed by atoms with E-state index >= 15 is 0 Å². The molecule has 1 atom stereocenters. The zero-order valence-corrected chi connectivity index (χ0v) is 10.7. The summed E-state index contributed by atoms with van der Waals surface area (Å²) in [4.78, 5) is 34.6. The molecule has 0 bridgehead atoms. The van der Waals surface area contributed by atoms with Gasteiger partial charge in [0.15, 0.2) is 0 Å². The first-order valence-electron chi connectivity index (χ1n) is 6.70. The molecule has 1 aliphatic heterocycles. The smallest absolute Gasteiger partial charge is 0.249 e. The van der Waals surface area contributed by atoms with E-state index in [1.807, 2.05) is 0 Å². The first kappa shape index (κ1) is 13.1. The van der Waals surface area contributed by atoms with Crippen molar-refractivity contribution in [3.63, 3.8) is 0 Å². The van der Waals surface area contributed by atoms with Crippen LogP contribution in [0, 0.1) is 11.8 Å². The van der Waals surface area contributed by atoms with Gasteiger partial charge in [0.05, 0.1) is 0 Å². The summed E-state index contributed by atoms with van der Waals surface area (Å²) in [5, 5.41) is 5.02. The van der Waals surface area contributed by atoms with Crippen molar-refractivity contribution in [2.45, 2.75) is 51.5 Å². The van der Waals surface area contributed by atoms with E-state index < -0.39 is 6.04 Å². The lowest BCUT2D eigenvalue weighted by molar-refractivity contribution is -0.138. The Morgan fingerprint density at radius 3 is 2.44 bits per heavy atom. The Bertz CT molecular complexity index is 359. The van der Waals surface area contributed by atoms with Crippen molar-refractivity contribution < 1.29 is 14.4 Å². The molecule has 1 aliphatic carbocycles. The van der Waals surface area contributed by atoms with Crippen molar-refractivity contribution in [3.05, 3.63) is 0 Å². The number of hydrogen-bond acceptors (Lipinski definition) is 3. The molecule has 2 N–H and O–H groups in total. The minimum atomic E-state index is -0.533. The van der Waals surface area contributed by atoms with Crippen LogP contribution in [-0.2, 0) is 14.4 Å². The van der Waals surface area contributed by atoms with Gasteiger partial charge in [-0.25, -0.2) is 0 Å². The normalized spacial score (nSPS) is 32.8. The van der Waals surface area contributed by atoms with E-state index in [1.165, 1.54) is 0 Å². The molecule has 0 aromatic heterocycles. The van der Waals surface area contributed by atoms with Crippen molar-refractivity contribution in [2.24, 2.45) is 11.8 Å². The van der Waals surface area contributed by atoms with Gasteiger partial charge in [0.2, 0.25) is 17.7 Å². The minimum absolute atomic E-state index is 0.0311. The zero-order chi connectivity index (χ0) is 13.1. The van der Waals surface area contributed by atoms with Gasteiger partial charge in [-0.3, -0.25) is 19.7 Å². The molecular formula is C13H20N2O3. The second-order valence-corrected chi connectivity index (χ2v) is 5.47. The van der Waals surface area contributed by atoms with E-state index in [9.17, 15) is 14.4 Å². The fourth-order valence-corrected chi connectivity index (χ4v) is 2.64. The highest BCUT2D eigenvalue weighted by molar-refractivity contribution is 6.01. The van der Waals surface area contributed by atoms with Crippen LogP contribution in [0.2, 0.25) is 0 Å². The van der Waals surface area contributed by atoms with E-state index in [0.717, 1.165) is 25.7 Å². The molecular weight excluding hydrogens is 232 g/mol. The second-order valence-electron chi connectivity index (χ2n) is 5.47. The van der Waals surface area contributed by atoms with Gasteiger partial charge in [-0.15, -0.1) is 0 Å². The molecule has 0 aromatic rings. The zero-order valence-electron chi connectivity index (χ0n) is 10.7. The fraction of sp³-hybridized carbons (Fsp3) is 0.769. The van der Waals surface area contributed by atoms with Crippen molar-refractivity contribution in [3.8, 4) is 0 Å². The van der Waals surface area contributed by atoms with Crippen molar-refractivity contribution in [2.75, 3.05) is 0 Å². The van der Waals surface area contributed by atoms with Gasteiger partial charge in [0, 0.05) is 12.3 Å². The van der Waals surface area contributed by atoms with Crippen LogP contribution in [0.4, 0.5) is 0 Å². The predicted molar refractivity (Wildman–Crippen MR) is 65.4 cm³/mol. The lowest BCUT2D eigenvalue weighted by Crippen LogP contribution is -2.53. The molecule has 2 aliphatic rings. The van der Waals surface area contributed by atoms with Gasteiger partial charge in [0.1, 0.15) is 6.04 Å². The number of piperidine rings is 1. The lowest BCUT2D eigenvalue weighted by atomic mass is 9.82. The van der Waals surface area contributed by atoms with E-state index in [2.05, 4.69) is 17.6 Å². The molecule has 0 aromatic carbocycles. The molecule has 5 heteroatoms. The van der Waals surface area contributed by atoms with E-state index in [1.54, 1.807) is 0 Å². The highest BCUT2D eigenvalue weighted by Crippen LogP contribution is 2.28. The molecule has 2 fully saturated rings. The van der Waals surface area contributed by atoms with Crippen LogP contribution < -0.4 is 10.6 Å². The maximum atomic E-state index is 12.0. The SMILES string of the molecule is CC1CCC(C(=O)NC2CCC(=O)NC2=O)CC1. The number of amides is 3. The molecule has 1 unspecified atom stereocenters. The topological polar surface area (TPSA) is 75.3 Å². The molecule has 0 radical (unpaired) electrons. The second kappa shape index (κ2) is 5.50. The summed E-state index contributed by atoms with van der Waals surface area (Å²) in [5.41, 5.74) is 0. The number of nitrogens with one attached hydrogen (secondary N) is 2. The first-order chi connectivity index (χ1) is 8.56. The van der Waals surface area contributed by atoms with Gasteiger partial charge in [-0.1, -0.05) is 6.92 Å². The number of rotatable bonds is 2. The summed E-state index contributed by atoms with van der Waals surface area (Å²) in [6.45, 7) is 2.20. The molecule has 0 spiro atoms. The summed E-state index contributed by atoms with van der Waals surface area (Å²) in [5.74, 6) is 0.0773. The Kier molecular flexibility index (Phi) is 3.99. The predicted octanol–water partition coefficient (Wildman–Crippen LogP) is 0.734. The Labute approximate surface area is 107 Å². The van der Waals surface area contributed by atoms with Crippen LogP contribution in [0.3, 0.4) is 0 Å². The van der Waals surface area contributed by atoms with E-state index in [-0.39, 0.29) is 23.6 Å². The van der Waals surface area contributed by atoms with Crippen LogP contribution in [0.15, 0.2) is 0 Å². The minimum Gasteiger partial charge on any atom is -0.344 e. The van der Waals surface area contributed by atoms with Crippen molar-refractivity contribution in [1.29, 1.82) is 0 Å². The number of imide groups is 1. The summed E-state index contributed by atoms with van der Waals surface area (Å²) in [6.07, 6.45) is 4.68. The van der Waals surface area contributed by atoms with Crippen LogP contribution in [-0.4, -0.2) is 23.8 Å². The molecule has 1 saturated heterocycles. The van der Waals surface area contributed by atoms with Crippen LogP contribution >= 0.6 is 0 Å². The maximum absolute atomic E-state index is 12.0. The summed E-state index contributed by atoms with van der Waals surface area (Å²) < 4.78 is 0. The molecule has 18 heavy (non-hydrogen) atoms. The number of carbonyl (C=O) groups excluding carboxylic acids is 3. The summed E-state index contributed by atoms with van der Waals surface area (Å²) in [7, 11) is 0. The molecule has 5 nitrogen and oxygen atoms in total. The van der Waals surface area contributed by atoms with Crippen molar-refractivity contribution >= 4 is 17.7 Å². The molecule has 1 heterocycles. The third-order valence-electron chi connectivity index (χ3n) is 3.94. The highest BCUT2D eigenvalue weighted by atomic mass is 16.2. The molecule has 100 valence electrons. The average molecular weight is 252 g/mol. The highest BCUT2D eigenvalue weighted by Gasteiger charge is 2.31. The maximum Gasteiger partial charge on any atom is 0.249 e. The quantitative estimate of drug-likeness (QED) is 0.712. The van der Waals surface area contributed by atoms with Gasteiger partial charge >= 0.3 is 0 Å².